The van der Waals surface area contributed by atoms with Gasteiger partial charge in [-0.2, -0.15) is 0 Å². The minimum Gasteiger partial charge on any atom is -0.449 e. The summed E-state index contributed by atoms with van der Waals surface area (Å²) < 4.78 is 32.7. The predicted octanol–water partition coefficient (Wildman–Crippen LogP) is 4.59. The van der Waals surface area contributed by atoms with Crippen molar-refractivity contribution in [2.24, 2.45) is 0 Å². The number of ketones is 1. The summed E-state index contributed by atoms with van der Waals surface area (Å²) in [5.74, 6) is -1.46. The van der Waals surface area contributed by atoms with Gasteiger partial charge in [-0.1, -0.05) is 23.7 Å². The number of rotatable bonds is 8. The van der Waals surface area contributed by atoms with Crippen molar-refractivity contribution < 1.29 is 27.5 Å². The van der Waals surface area contributed by atoms with Crippen LogP contribution in [-0.2, 0) is 19.6 Å². The molecule has 0 saturated carbocycles. The first-order valence-electron chi connectivity index (χ1n) is 9.56. The molecule has 0 aliphatic carbocycles. The van der Waals surface area contributed by atoms with E-state index in [-0.39, 0.29) is 21.2 Å². The third-order valence-corrected chi connectivity index (χ3v) is 7.48. The van der Waals surface area contributed by atoms with Crippen LogP contribution >= 0.6 is 22.9 Å². The van der Waals surface area contributed by atoms with E-state index in [2.05, 4.69) is 10.0 Å². The molecule has 8 nitrogen and oxygen atoms in total. The number of halogens is 1. The fourth-order valence-electron chi connectivity index (χ4n) is 2.66. The molecule has 2 aromatic carbocycles. The largest absolute Gasteiger partial charge is 0.449 e. The molecule has 0 aliphatic heterocycles. The van der Waals surface area contributed by atoms with Crippen molar-refractivity contribution in [3.05, 3.63) is 76.1 Å². The second-order valence-electron chi connectivity index (χ2n) is 6.92. The summed E-state index contributed by atoms with van der Waals surface area (Å²) in [4.78, 5) is 36.2. The Hall–Kier alpha value is -3.21. The Balaban J connectivity index is 1.60. The summed E-state index contributed by atoms with van der Waals surface area (Å²) >= 11 is 6.71. The van der Waals surface area contributed by atoms with E-state index in [4.69, 9.17) is 16.3 Å². The maximum absolute atomic E-state index is 12.4. The predicted molar refractivity (Wildman–Crippen MR) is 127 cm³/mol. The van der Waals surface area contributed by atoms with Gasteiger partial charge in [0.1, 0.15) is 4.21 Å². The number of carbonyl (C=O) groups is 3. The van der Waals surface area contributed by atoms with E-state index in [1.54, 1.807) is 18.2 Å². The van der Waals surface area contributed by atoms with Gasteiger partial charge in [0.05, 0.1) is 9.90 Å². The summed E-state index contributed by atoms with van der Waals surface area (Å²) in [6.45, 7) is 2.83. The maximum Gasteiger partial charge on any atom is 0.338 e. The SMILES string of the molecule is CC(=O)c1cccc(NC(=O)[C@H](C)OC(=O)c2ccc(NS(=O)(=O)c3ccc(Cl)s3)cc2)c1. The fraction of sp³-hybridized carbons (Fsp3) is 0.136. The molecule has 11 heteroatoms. The molecule has 0 fully saturated rings. The van der Waals surface area contributed by atoms with Gasteiger partial charge in [0.25, 0.3) is 15.9 Å². The molecule has 0 saturated heterocycles. The topological polar surface area (TPSA) is 119 Å². The van der Waals surface area contributed by atoms with E-state index >= 15 is 0 Å². The molecule has 172 valence electrons. The molecule has 1 heterocycles. The van der Waals surface area contributed by atoms with Crippen molar-refractivity contribution in [2.75, 3.05) is 10.0 Å². The first-order valence-corrected chi connectivity index (χ1v) is 12.2. The summed E-state index contributed by atoms with van der Waals surface area (Å²) in [6, 6.07) is 14.8. The number of hydrogen-bond donors (Lipinski definition) is 2. The van der Waals surface area contributed by atoms with Crippen LogP contribution in [0.2, 0.25) is 4.34 Å². The number of carbonyl (C=O) groups excluding carboxylic acids is 3. The third kappa shape index (κ3) is 6.41. The van der Waals surface area contributed by atoms with E-state index in [9.17, 15) is 22.8 Å². The number of nitrogens with one attached hydrogen (secondary N) is 2. The molecule has 0 unspecified atom stereocenters. The second kappa shape index (κ2) is 10.2. The van der Waals surface area contributed by atoms with Gasteiger partial charge in [0.2, 0.25) is 0 Å². The summed E-state index contributed by atoms with van der Waals surface area (Å²) in [7, 11) is -3.80. The number of anilines is 2. The number of thiophene rings is 1. The van der Waals surface area contributed by atoms with Gasteiger partial charge in [-0.05, 0) is 62.4 Å². The van der Waals surface area contributed by atoms with Gasteiger partial charge >= 0.3 is 5.97 Å². The highest BCUT2D eigenvalue weighted by atomic mass is 35.5. The zero-order chi connectivity index (χ0) is 24.2. The van der Waals surface area contributed by atoms with Crippen molar-refractivity contribution in [1.82, 2.24) is 0 Å². The van der Waals surface area contributed by atoms with Gasteiger partial charge in [0, 0.05) is 16.9 Å². The Bertz CT molecular complexity index is 1300. The zero-order valence-electron chi connectivity index (χ0n) is 17.5. The van der Waals surface area contributed by atoms with Gasteiger partial charge in [-0.15, -0.1) is 11.3 Å². The van der Waals surface area contributed by atoms with Crippen molar-refractivity contribution in [1.29, 1.82) is 0 Å². The summed E-state index contributed by atoms with van der Waals surface area (Å²) in [5.41, 5.74) is 1.22. The normalized spacial score (nSPS) is 12.0. The molecular weight excluding hydrogens is 488 g/mol. The standard InChI is InChI=1S/C22H19ClN2O6S2/c1-13(26)16-4-3-5-18(12-16)24-21(27)14(2)31-22(28)15-6-8-17(9-7-15)25-33(29,30)20-11-10-19(23)32-20/h3-12,14,25H,1-2H3,(H,24,27)/t14-/m0/s1. The van der Waals surface area contributed by atoms with Crippen LogP contribution in [-0.4, -0.2) is 32.2 Å². The quantitative estimate of drug-likeness (QED) is 0.341. The number of esters is 1. The number of hydrogen-bond acceptors (Lipinski definition) is 7. The highest BCUT2D eigenvalue weighted by Gasteiger charge is 2.20. The smallest absolute Gasteiger partial charge is 0.338 e. The molecule has 0 spiro atoms. The number of sulfonamides is 1. The lowest BCUT2D eigenvalue weighted by Crippen LogP contribution is -2.30. The van der Waals surface area contributed by atoms with E-state index in [0.29, 0.717) is 15.6 Å². The number of Topliss-reactive ketones (excluding diaryl/α,β-unsaturated/α-hetero) is 1. The zero-order valence-corrected chi connectivity index (χ0v) is 19.9. The van der Waals surface area contributed by atoms with E-state index < -0.39 is 28.0 Å². The molecule has 0 radical (unpaired) electrons. The van der Waals surface area contributed by atoms with E-state index in [0.717, 1.165) is 11.3 Å². The van der Waals surface area contributed by atoms with Crippen LogP contribution in [0.5, 0.6) is 0 Å². The molecule has 1 atom stereocenters. The fourth-order valence-corrected chi connectivity index (χ4v) is 5.21. The average Bonchev–Trinajstić information content (AvgIpc) is 3.21. The van der Waals surface area contributed by atoms with Crippen molar-refractivity contribution in [3.8, 4) is 0 Å². The van der Waals surface area contributed by atoms with Crippen LogP contribution in [0.3, 0.4) is 0 Å². The maximum atomic E-state index is 12.4. The molecule has 33 heavy (non-hydrogen) atoms. The molecule has 1 amide bonds. The molecule has 1 aromatic heterocycles. The summed E-state index contributed by atoms with van der Waals surface area (Å²) in [6.07, 6.45) is -1.11. The van der Waals surface area contributed by atoms with Crippen LogP contribution < -0.4 is 10.0 Å². The van der Waals surface area contributed by atoms with Crippen molar-refractivity contribution in [2.45, 2.75) is 24.2 Å². The number of ether oxygens (including phenoxy) is 1. The highest BCUT2D eigenvalue weighted by molar-refractivity contribution is 7.94. The van der Waals surface area contributed by atoms with Crippen molar-refractivity contribution in [3.63, 3.8) is 0 Å². The summed E-state index contributed by atoms with van der Waals surface area (Å²) in [5, 5.41) is 2.59. The first-order chi connectivity index (χ1) is 15.5. The van der Waals surface area contributed by atoms with Crippen LogP contribution in [0.4, 0.5) is 11.4 Å². The Kier molecular flexibility index (Phi) is 7.52. The van der Waals surface area contributed by atoms with Gasteiger partial charge in [-0.25, -0.2) is 13.2 Å². The Morgan fingerprint density at radius 3 is 2.27 bits per heavy atom. The molecule has 2 N–H and O–H groups in total. The Morgan fingerprint density at radius 1 is 0.970 bits per heavy atom. The lowest BCUT2D eigenvalue weighted by Gasteiger charge is -2.14. The van der Waals surface area contributed by atoms with Gasteiger partial charge in [0.15, 0.2) is 11.9 Å². The average molecular weight is 507 g/mol. The third-order valence-electron chi connectivity index (χ3n) is 4.38. The number of benzene rings is 2. The molecule has 0 aliphatic rings. The second-order valence-corrected chi connectivity index (χ2v) is 10.5. The first kappa shape index (κ1) is 24.4. The highest BCUT2D eigenvalue weighted by Crippen LogP contribution is 2.27. The molecule has 3 aromatic rings. The van der Waals surface area contributed by atoms with Crippen LogP contribution in [0.1, 0.15) is 34.6 Å². The van der Waals surface area contributed by atoms with Crippen molar-refractivity contribution >= 4 is 62.0 Å². The van der Waals surface area contributed by atoms with Crippen LogP contribution in [0.15, 0.2) is 64.9 Å². The lowest BCUT2D eigenvalue weighted by molar-refractivity contribution is -0.123. The Morgan fingerprint density at radius 2 is 1.67 bits per heavy atom. The Labute approximate surface area is 199 Å². The molecule has 3 rings (SSSR count). The molecular formula is C22H19ClN2O6S2. The van der Waals surface area contributed by atoms with Crippen LogP contribution in [0.25, 0.3) is 0 Å². The van der Waals surface area contributed by atoms with Crippen LogP contribution in [0, 0.1) is 0 Å². The minimum absolute atomic E-state index is 0.0599. The van der Waals surface area contributed by atoms with Gasteiger partial charge in [-0.3, -0.25) is 14.3 Å². The molecule has 0 bridgehead atoms. The monoisotopic (exact) mass is 506 g/mol. The van der Waals surface area contributed by atoms with E-state index in [1.807, 2.05) is 0 Å². The minimum atomic E-state index is -3.80. The van der Waals surface area contributed by atoms with Gasteiger partial charge < -0.3 is 10.1 Å². The lowest BCUT2D eigenvalue weighted by atomic mass is 10.1. The van der Waals surface area contributed by atoms with E-state index in [1.165, 1.54) is 56.3 Å². The number of amides is 1.